The van der Waals surface area contributed by atoms with Crippen molar-refractivity contribution in [2.24, 2.45) is 5.92 Å². The van der Waals surface area contributed by atoms with Gasteiger partial charge in [0.15, 0.2) is 0 Å². The van der Waals surface area contributed by atoms with E-state index in [1.54, 1.807) is 35.0 Å². The van der Waals surface area contributed by atoms with Crippen molar-refractivity contribution in [3.8, 4) is 5.75 Å². The highest BCUT2D eigenvalue weighted by atomic mass is 16.5. The number of amides is 4. The zero-order chi connectivity index (χ0) is 27.7. The van der Waals surface area contributed by atoms with Gasteiger partial charge in [0.1, 0.15) is 11.9 Å². The van der Waals surface area contributed by atoms with Gasteiger partial charge in [-0.05, 0) is 66.0 Å². The van der Waals surface area contributed by atoms with Crippen LogP contribution in [0.3, 0.4) is 0 Å². The zero-order valence-electron chi connectivity index (χ0n) is 23.4. The van der Waals surface area contributed by atoms with Gasteiger partial charge in [0, 0.05) is 43.2 Å². The van der Waals surface area contributed by atoms with Crippen LogP contribution >= 0.6 is 0 Å². The molecule has 208 valence electrons. The molecular weight excluding hydrogens is 474 g/mol. The number of aliphatic hydroxyl groups excluding tert-OH is 1. The summed E-state index contributed by atoms with van der Waals surface area (Å²) >= 11 is 0. The molecule has 1 aromatic rings. The normalized spacial score (nSPS) is 18.9. The fourth-order valence-corrected chi connectivity index (χ4v) is 4.21. The van der Waals surface area contributed by atoms with Crippen LogP contribution in [0, 0.1) is 5.92 Å². The number of hydrogen-bond donors (Lipinski definition) is 3. The molecular formula is C27H45N5O5. The molecule has 3 N–H and O–H groups in total. The molecule has 1 aliphatic rings. The van der Waals surface area contributed by atoms with Gasteiger partial charge in [0.05, 0.1) is 25.6 Å². The van der Waals surface area contributed by atoms with Crippen molar-refractivity contribution in [2.75, 3.05) is 52.7 Å². The van der Waals surface area contributed by atoms with Gasteiger partial charge < -0.3 is 35.2 Å². The van der Waals surface area contributed by atoms with Crippen molar-refractivity contribution in [3.05, 3.63) is 23.8 Å². The average Bonchev–Trinajstić information content (AvgIpc) is 2.85. The van der Waals surface area contributed by atoms with E-state index in [-0.39, 0.29) is 48.9 Å². The van der Waals surface area contributed by atoms with Crippen molar-refractivity contribution in [3.63, 3.8) is 0 Å². The third kappa shape index (κ3) is 9.51. The molecule has 0 saturated carbocycles. The minimum atomic E-state index is -0.396. The maximum atomic E-state index is 13.3. The average molecular weight is 520 g/mol. The summed E-state index contributed by atoms with van der Waals surface area (Å²) in [6.07, 6.45) is 0.827. The lowest BCUT2D eigenvalue weighted by atomic mass is 10.0. The maximum absolute atomic E-state index is 13.3. The van der Waals surface area contributed by atoms with E-state index in [0.29, 0.717) is 36.5 Å². The Balaban J connectivity index is 2.31. The number of urea groups is 1. The largest absolute Gasteiger partial charge is 0.488 e. The molecule has 0 bridgehead atoms. The number of likely N-dealkylation sites (N-methyl/N-ethyl adjacent to an activating group) is 1. The number of anilines is 1. The number of benzene rings is 1. The molecule has 10 nitrogen and oxygen atoms in total. The van der Waals surface area contributed by atoms with Crippen LogP contribution in [-0.2, 0) is 16.0 Å². The molecule has 0 aromatic heterocycles. The second kappa shape index (κ2) is 14.2. The molecule has 2 rings (SSSR count). The van der Waals surface area contributed by atoms with Crippen LogP contribution in [0.5, 0.6) is 5.75 Å². The van der Waals surface area contributed by atoms with Gasteiger partial charge in [-0.2, -0.15) is 0 Å². The van der Waals surface area contributed by atoms with E-state index in [1.165, 1.54) is 0 Å². The van der Waals surface area contributed by atoms with E-state index in [9.17, 15) is 19.5 Å². The van der Waals surface area contributed by atoms with Crippen LogP contribution < -0.4 is 15.4 Å². The summed E-state index contributed by atoms with van der Waals surface area (Å²) in [5, 5.41) is 15.6. The van der Waals surface area contributed by atoms with Gasteiger partial charge in [0.25, 0.3) is 0 Å². The fourth-order valence-electron chi connectivity index (χ4n) is 4.21. The molecule has 1 aliphatic heterocycles. The molecule has 0 spiro atoms. The summed E-state index contributed by atoms with van der Waals surface area (Å²) in [6.45, 7) is 8.97. The second-order valence-corrected chi connectivity index (χ2v) is 10.7. The second-order valence-electron chi connectivity index (χ2n) is 10.7. The number of fused-ring (bicyclic) bond motifs is 1. The number of nitrogens with one attached hydrogen (secondary N) is 2. The number of aliphatic hydroxyl groups is 1. The highest BCUT2D eigenvalue weighted by molar-refractivity contribution is 5.91. The lowest BCUT2D eigenvalue weighted by molar-refractivity contribution is -0.134. The molecule has 1 aromatic carbocycles. The Morgan fingerprint density at radius 2 is 1.92 bits per heavy atom. The number of nitrogens with zero attached hydrogens (tertiary/aromatic N) is 3. The topological polar surface area (TPSA) is 114 Å². The number of ether oxygens (including phenoxy) is 1. The highest BCUT2D eigenvalue weighted by Gasteiger charge is 2.32. The molecule has 1 heterocycles. The lowest BCUT2D eigenvalue weighted by Gasteiger charge is -2.34. The van der Waals surface area contributed by atoms with Gasteiger partial charge >= 0.3 is 6.03 Å². The molecule has 3 atom stereocenters. The summed E-state index contributed by atoms with van der Waals surface area (Å²) in [4.78, 5) is 43.6. The van der Waals surface area contributed by atoms with E-state index in [4.69, 9.17) is 4.74 Å². The van der Waals surface area contributed by atoms with E-state index in [0.717, 1.165) is 13.0 Å². The Labute approximate surface area is 221 Å². The first-order valence-electron chi connectivity index (χ1n) is 13.1. The number of hydrogen-bond acceptors (Lipinski definition) is 6. The maximum Gasteiger partial charge on any atom is 0.317 e. The third-order valence-corrected chi connectivity index (χ3v) is 6.42. The smallest absolute Gasteiger partial charge is 0.317 e. The van der Waals surface area contributed by atoms with Gasteiger partial charge in [-0.15, -0.1) is 0 Å². The van der Waals surface area contributed by atoms with Crippen LogP contribution in [0.1, 0.15) is 46.1 Å². The van der Waals surface area contributed by atoms with Gasteiger partial charge in [-0.1, -0.05) is 6.92 Å². The lowest BCUT2D eigenvalue weighted by Crippen LogP contribution is -2.49. The molecule has 0 unspecified atom stereocenters. The van der Waals surface area contributed by atoms with Crippen molar-refractivity contribution in [2.45, 2.75) is 65.1 Å². The minimum absolute atomic E-state index is 0.00424. The number of carbonyl (C=O) groups is 3. The van der Waals surface area contributed by atoms with Crippen molar-refractivity contribution >= 4 is 23.5 Å². The standard InChI is InChI=1S/C27H45N5O5/c1-18(2)28-27(36)31(7)16-24-19(3)15-32(20(4)17-33)26(35)14-21-13-22(10-11-23(21)37-24)29-25(34)9-8-12-30(5)6/h10-11,13,18-20,24,33H,8-9,12,14-17H2,1-7H3,(H,28,36)(H,29,34)/t19-,20+,24+/m1/s1. The Hall–Kier alpha value is -2.85. The Kier molecular flexibility index (Phi) is 11.6. The summed E-state index contributed by atoms with van der Waals surface area (Å²) < 4.78 is 6.43. The first-order valence-corrected chi connectivity index (χ1v) is 13.1. The van der Waals surface area contributed by atoms with Crippen molar-refractivity contribution < 1.29 is 24.2 Å². The van der Waals surface area contributed by atoms with Crippen LogP contribution in [-0.4, -0.2) is 103 Å². The van der Waals surface area contributed by atoms with E-state index < -0.39 is 6.10 Å². The quantitative estimate of drug-likeness (QED) is 0.437. The summed E-state index contributed by atoms with van der Waals surface area (Å²) in [6, 6.07) is 4.77. The van der Waals surface area contributed by atoms with Gasteiger partial charge in [0.2, 0.25) is 11.8 Å². The molecule has 10 heteroatoms. The first-order chi connectivity index (χ1) is 17.4. The van der Waals surface area contributed by atoms with Crippen molar-refractivity contribution in [1.29, 1.82) is 0 Å². The van der Waals surface area contributed by atoms with Gasteiger partial charge in [-0.25, -0.2) is 4.79 Å². The number of carbonyl (C=O) groups excluding carboxylic acids is 3. The predicted molar refractivity (Wildman–Crippen MR) is 145 cm³/mol. The molecule has 0 saturated heterocycles. The molecule has 4 amide bonds. The van der Waals surface area contributed by atoms with Gasteiger partial charge in [-0.3, -0.25) is 9.59 Å². The minimum Gasteiger partial charge on any atom is -0.488 e. The molecule has 0 fully saturated rings. The Morgan fingerprint density at radius 3 is 2.54 bits per heavy atom. The Bertz CT molecular complexity index is 922. The first kappa shape index (κ1) is 30.4. The van der Waals surface area contributed by atoms with Crippen LogP contribution in [0.25, 0.3) is 0 Å². The van der Waals surface area contributed by atoms with Crippen molar-refractivity contribution in [1.82, 2.24) is 20.0 Å². The fraction of sp³-hybridized carbons (Fsp3) is 0.667. The molecule has 37 heavy (non-hydrogen) atoms. The van der Waals surface area contributed by atoms with Crippen LogP contribution in [0.15, 0.2) is 18.2 Å². The summed E-state index contributed by atoms with van der Waals surface area (Å²) in [7, 11) is 5.65. The molecule has 0 aliphatic carbocycles. The summed E-state index contributed by atoms with van der Waals surface area (Å²) in [5.74, 6) is 0.220. The third-order valence-electron chi connectivity index (χ3n) is 6.42. The van der Waals surface area contributed by atoms with E-state index in [2.05, 4.69) is 10.6 Å². The zero-order valence-corrected chi connectivity index (χ0v) is 23.4. The van der Waals surface area contributed by atoms with Crippen LogP contribution in [0.2, 0.25) is 0 Å². The SMILES string of the molecule is CC(C)NC(=O)N(C)C[C@@H]1Oc2ccc(NC(=O)CCCN(C)C)cc2CC(=O)N([C@@H](C)CO)C[C@H]1C. The number of rotatable bonds is 10. The van der Waals surface area contributed by atoms with E-state index in [1.807, 2.05) is 46.7 Å². The molecule has 0 radical (unpaired) electrons. The monoisotopic (exact) mass is 519 g/mol. The summed E-state index contributed by atoms with van der Waals surface area (Å²) in [5.41, 5.74) is 1.25. The Morgan fingerprint density at radius 1 is 1.22 bits per heavy atom. The predicted octanol–water partition coefficient (Wildman–Crippen LogP) is 2.17. The van der Waals surface area contributed by atoms with E-state index >= 15 is 0 Å². The van der Waals surface area contributed by atoms with Crippen LogP contribution in [0.4, 0.5) is 10.5 Å². The highest BCUT2D eigenvalue weighted by Crippen LogP contribution is 2.29.